The first-order chi connectivity index (χ1) is 13.3. The van der Waals surface area contributed by atoms with E-state index in [1.807, 2.05) is 13.0 Å². The molecule has 0 saturated carbocycles. The summed E-state index contributed by atoms with van der Waals surface area (Å²) in [7, 11) is 1.71. The molecule has 0 aromatic carbocycles. The van der Waals surface area contributed by atoms with E-state index in [-0.39, 0.29) is 12.1 Å². The van der Waals surface area contributed by atoms with Crippen LogP contribution in [0.2, 0.25) is 0 Å². The van der Waals surface area contributed by atoms with Gasteiger partial charge in [-0.3, -0.25) is 0 Å². The van der Waals surface area contributed by atoms with Gasteiger partial charge < -0.3 is 9.30 Å². The number of halogens is 3. The van der Waals surface area contributed by atoms with Crippen LogP contribution in [0.15, 0.2) is 23.2 Å². The second-order valence-corrected chi connectivity index (χ2v) is 7.15. The highest BCUT2D eigenvalue weighted by Crippen LogP contribution is 2.36. The fraction of sp³-hybridized carbons (Fsp3) is 0.333. The third-order valence-electron chi connectivity index (χ3n) is 3.99. The van der Waals surface area contributed by atoms with Crippen molar-refractivity contribution in [2.75, 3.05) is 12.4 Å². The van der Waals surface area contributed by atoms with E-state index in [2.05, 4.69) is 15.0 Å². The Kier molecular flexibility index (Phi) is 5.47. The normalized spacial score (nSPS) is 11.6. The molecular weight excluding hydrogens is 391 g/mol. The van der Waals surface area contributed by atoms with Crippen LogP contribution in [-0.2, 0) is 13.2 Å². The van der Waals surface area contributed by atoms with Gasteiger partial charge in [0.25, 0.3) is 0 Å². The van der Waals surface area contributed by atoms with Gasteiger partial charge in [0.1, 0.15) is 23.2 Å². The summed E-state index contributed by atoms with van der Waals surface area (Å²) in [4.78, 5) is 13.2. The largest absolute Gasteiger partial charge is 0.477 e. The molecule has 0 aliphatic rings. The quantitative estimate of drug-likeness (QED) is 0.585. The van der Waals surface area contributed by atoms with Crippen LogP contribution >= 0.6 is 11.8 Å². The fourth-order valence-corrected chi connectivity index (χ4v) is 3.48. The molecule has 3 aromatic rings. The number of hydrogen-bond donors (Lipinski definition) is 0. The Bertz CT molecular complexity index is 1070. The summed E-state index contributed by atoms with van der Waals surface area (Å²) in [5.74, 6) is 1.67. The van der Waals surface area contributed by atoms with Crippen molar-refractivity contribution in [3.05, 3.63) is 29.7 Å². The van der Waals surface area contributed by atoms with Crippen molar-refractivity contribution in [1.29, 1.82) is 5.26 Å². The summed E-state index contributed by atoms with van der Waals surface area (Å²) in [6, 6.07) is 4.63. The number of alkyl halides is 3. The summed E-state index contributed by atoms with van der Waals surface area (Å²) in [6.45, 7) is 3.61. The van der Waals surface area contributed by atoms with E-state index in [0.29, 0.717) is 28.5 Å². The molecule has 28 heavy (non-hydrogen) atoms. The maximum absolute atomic E-state index is 13.0. The van der Waals surface area contributed by atoms with Gasteiger partial charge in [-0.2, -0.15) is 18.4 Å². The van der Waals surface area contributed by atoms with Gasteiger partial charge in [-0.15, -0.1) is 11.8 Å². The Labute approximate surface area is 163 Å². The van der Waals surface area contributed by atoms with E-state index in [4.69, 9.17) is 10.00 Å². The maximum Gasteiger partial charge on any atom is 0.433 e. The number of nitrogens with zero attached hydrogens (tertiary/aromatic N) is 5. The molecule has 10 heteroatoms. The van der Waals surface area contributed by atoms with E-state index in [0.717, 1.165) is 16.7 Å². The first kappa shape index (κ1) is 19.9. The lowest BCUT2D eigenvalue weighted by Gasteiger charge is -2.12. The number of pyridine rings is 2. The monoisotopic (exact) mass is 407 g/mol. The highest BCUT2D eigenvalue weighted by atomic mass is 32.2. The van der Waals surface area contributed by atoms with E-state index in [9.17, 15) is 13.2 Å². The van der Waals surface area contributed by atoms with Crippen molar-refractivity contribution < 1.29 is 17.9 Å². The van der Waals surface area contributed by atoms with Crippen molar-refractivity contribution in [1.82, 2.24) is 19.5 Å². The third kappa shape index (κ3) is 3.75. The molecule has 146 valence electrons. The van der Waals surface area contributed by atoms with Crippen LogP contribution in [0.1, 0.15) is 18.3 Å². The Balaban J connectivity index is 2.16. The maximum atomic E-state index is 13.0. The van der Waals surface area contributed by atoms with Gasteiger partial charge in [-0.1, -0.05) is 6.92 Å². The van der Waals surface area contributed by atoms with Gasteiger partial charge in [0.05, 0.1) is 22.9 Å². The number of hydrogen-bond acceptors (Lipinski definition) is 6. The minimum Gasteiger partial charge on any atom is -0.477 e. The topological polar surface area (TPSA) is 76.6 Å². The average molecular weight is 407 g/mol. The van der Waals surface area contributed by atoms with Crippen molar-refractivity contribution >= 4 is 22.8 Å². The average Bonchev–Trinajstić information content (AvgIpc) is 2.97. The summed E-state index contributed by atoms with van der Waals surface area (Å²) >= 11 is 1.50. The Morgan fingerprint density at radius 2 is 2.04 bits per heavy atom. The molecule has 0 aliphatic carbocycles. The molecule has 0 fully saturated rings. The smallest absolute Gasteiger partial charge is 0.433 e. The number of ether oxygens (including phenoxy) is 1. The molecule has 0 radical (unpaired) electrons. The lowest BCUT2D eigenvalue weighted by molar-refractivity contribution is -0.141. The van der Waals surface area contributed by atoms with Gasteiger partial charge in [0.15, 0.2) is 12.4 Å². The van der Waals surface area contributed by atoms with Crippen molar-refractivity contribution in [3.63, 3.8) is 0 Å². The van der Waals surface area contributed by atoms with Crippen LogP contribution in [0.5, 0.6) is 5.75 Å². The summed E-state index contributed by atoms with van der Waals surface area (Å²) in [5, 5.41) is 8.72. The molecule has 3 aromatic heterocycles. The third-order valence-corrected chi connectivity index (χ3v) is 4.90. The number of imidazole rings is 1. The molecule has 0 unspecified atom stereocenters. The molecular formula is C18H16F3N5OS. The lowest BCUT2D eigenvalue weighted by atomic mass is 10.2. The highest BCUT2D eigenvalue weighted by molar-refractivity contribution is 7.99. The van der Waals surface area contributed by atoms with E-state index < -0.39 is 11.9 Å². The highest BCUT2D eigenvalue weighted by Gasteiger charge is 2.33. The molecule has 0 saturated heterocycles. The fourth-order valence-electron chi connectivity index (χ4n) is 2.71. The Morgan fingerprint density at radius 3 is 2.68 bits per heavy atom. The number of aromatic nitrogens is 4. The molecule has 0 atom stereocenters. The van der Waals surface area contributed by atoms with Crippen LogP contribution in [0.4, 0.5) is 13.2 Å². The summed E-state index contributed by atoms with van der Waals surface area (Å²) < 4.78 is 46.0. The zero-order chi connectivity index (χ0) is 20.5. The van der Waals surface area contributed by atoms with E-state index in [1.165, 1.54) is 18.0 Å². The number of nitriles is 1. The first-order valence-corrected chi connectivity index (χ1v) is 9.29. The van der Waals surface area contributed by atoms with Gasteiger partial charge in [0.2, 0.25) is 0 Å². The molecule has 0 aliphatic heterocycles. The van der Waals surface area contributed by atoms with Crippen molar-refractivity contribution in [2.24, 2.45) is 7.05 Å². The van der Waals surface area contributed by atoms with Crippen LogP contribution < -0.4 is 4.74 Å². The van der Waals surface area contributed by atoms with Crippen molar-refractivity contribution in [2.45, 2.75) is 24.9 Å². The molecule has 0 N–H and O–H groups in total. The molecule has 3 rings (SSSR count). The Hall–Kier alpha value is -2.80. The van der Waals surface area contributed by atoms with Gasteiger partial charge in [0, 0.05) is 11.9 Å². The standard InChI is InChI=1S/C18H16F3N5OS/c1-4-28-14-8-13(27-6-5-22)10(2)24-16(14)17-25-11-7-15(18(19,20)21)23-9-12(11)26(17)3/h7-9H,4,6H2,1-3H3. The molecule has 0 spiro atoms. The Morgan fingerprint density at radius 1 is 1.29 bits per heavy atom. The van der Waals surface area contributed by atoms with Crippen LogP contribution in [0.25, 0.3) is 22.6 Å². The predicted octanol–water partition coefficient (Wildman–Crippen LogP) is 4.37. The van der Waals surface area contributed by atoms with Gasteiger partial charge in [-0.05, 0) is 24.8 Å². The van der Waals surface area contributed by atoms with Crippen LogP contribution in [-0.4, -0.2) is 31.9 Å². The lowest BCUT2D eigenvalue weighted by Crippen LogP contribution is -2.07. The molecule has 6 nitrogen and oxygen atoms in total. The first-order valence-electron chi connectivity index (χ1n) is 8.30. The minimum absolute atomic E-state index is 0.101. The predicted molar refractivity (Wildman–Crippen MR) is 99.0 cm³/mol. The van der Waals surface area contributed by atoms with E-state index in [1.54, 1.807) is 24.6 Å². The molecule has 0 bridgehead atoms. The second-order valence-electron chi connectivity index (χ2n) is 5.85. The number of aryl methyl sites for hydroxylation is 2. The second kappa shape index (κ2) is 7.67. The molecule has 0 amide bonds. The van der Waals surface area contributed by atoms with Gasteiger partial charge in [-0.25, -0.2) is 15.0 Å². The SMILES string of the molecule is CCSc1cc(OCC#N)c(C)nc1-c1nc2cc(C(F)(F)F)ncc2n1C. The number of thioether (sulfide) groups is 1. The zero-order valence-corrected chi connectivity index (χ0v) is 16.1. The van der Waals surface area contributed by atoms with Crippen molar-refractivity contribution in [3.8, 4) is 23.3 Å². The number of rotatable bonds is 5. The van der Waals surface area contributed by atoms with Crippen LogP contribution in [0.3, 0.4) is 0 Å². The minimum atomic E-state index is -4.54. The summed E-state index contributed by atoms with van der Waals surface area (Å²) in [5.41, 5.74) is 0.779. The van der Waals surface area contributed by atoms with Crippen LogP contribution in [0, 0.1) is 18.3 Å². The van der Waals surface area contributed by atoms with E-state index >= 15 is 0 Å². The zero-order valence-electron chi connectivity index (χ0n) is 15.3. The summed E-state index contributed by atoms with van der Waals surface area (Å²) in [6.07, 6.45) is -3.37. The molecule has 3 heterocycles. The number of fused-ring (bicyclic) bond motifs is 1. The van der Waals surface area contributed by atoms with Gasteiger partial charge >= 0.3 is 6.18 Å².